The van der Waals surface area contributed by atoms with E-state index in [0.717, 1.165) is 3.58 Å². The smallest absolute Gasteiger partial charge is 0.0991 e. The third-order valence-electron chi connectivity index (χ3n) is 0.787. The Bertz CT molecular complexity index is 218. The number of nitrogens with zero attached hydrogens (tertiary/aromatic N) is 1. The van der Waals surface area contributed by atoms with Crippen molar-refractivity contribution in [1.29, 1.82) is 5.26 Å². The highest BCUT2D eigenvalue weighted by atomic mass is 127. The Kier molecular flexibility index (Phi) is 4.95. The molecule has 10 heavy (non-hydrogen) atoms. The van der Waals surface area contributed by atoms with Crippen molar-refractivity contribution in [3.05, 3.63) is 34.0 Å². The third kappa shape index (κ3) is 4.33. The van der Waals surface area contributed by atoms with Gasteiger partial charge in [-0.05, 0) is 41.7 Å². The highest BCUT2D eigenvalue weighted by molar-refractivity contribution is 14.1. The van der Waals surface area contributed by atoms with Gasteiger partial charge in [0.05, 0.1) is 11.6 Å². The Morgan fingerprint density at radius 3 is 2.60 bits per heavy atom. The van der Waals surface area contributed by atoms with E-state index in [9.17, 15) is 0 Å². The molecule has 0 aliphatic heterocycles. The van der Waals surface area contributed by atoms with Crippen LogP contribution in [0.3, 0.4) is 0 Å². The van der Waals surface area contributed by atoms with Crippen molar-refractivity contribution in [3.63, 3.8) is 0 Å². The third-order valence-corrected chi connectivity index (χ3v) is 1.10. The van der Waals surface area contributed by atoms with Crippen LogP contribution in [0, 0.1) is 11.3 Å². The molecule has 0 aromatic carbocycles. The standard InChI is InChI=1S/C8H8IN/c1-3-4-8(6-10)5-7(2)9/h3-5H,2H2,1H3/b4-3-,8-5+. The van der Waals surface area contributed by atoms with Crippen LogP contribution in [0.1, 0.15) is 6.92 Å². The van der Waals surface area contributed by atoms with Gasteiger partial charge in [-0.15, -0.1) is 0 Å². The average molecular weight is 245 g/mol. The second kappa shape index (κ2) is 5.24. The van der Waals surface area contributed by atoms with E-state index in [-0.39, 0.29) is 0 Å². The summed E-state index contributed by atoms with van der Waals surface area (Å²) >= 11 is 2.06. The van der Waals surface area contributed by atoms with Crippen molar-refractivity contribution in [2.45, 2.75) is 6.92 Å². The Morgan fingerprint density at radius 2 is 2.30 bits per heavy atom. The lowest BCUT2D eigenvalue weighted by molar-refractivity contribution is 1.49. The van der Waals surface area contributed by atoms with Crippen molar-refractivity contribution < 1.29 is 0 Å². The second-order valence-electron chi connectivity index (χ2n) is 1.66. The largest absolute Gasteiger partial charge is 0.192 e. The number of nitriles is 1. The van der Waals surface area contributed by atoms with Gasteiger partial charge in [0.25, 0.3) is 0 Å². The highest BCUT2D eigenvalue weighted by Gasteiger charge is 1.86. The van der Waals surface area contributed by atoms with Crippen LogP contribution in [-0.4, -0.2) is 0 Å². The average Bonchev–Trinajstić information content (AvgIpc) is 1.86. The minimum absolute atomic E-state index is 0.641. The zero-order chi connectivity index (χ0) is 7.98. The monoisotopic (exact) mass is 245 g/mol. The molecule has 2 heteroatoms. The molecule has 0 radical (unpaired) electrons. The number of hydrogen-bond donors (Lipinski definition) is 0. The summed E-state index contributed by atoms with van der Waals surface area (Å²) in [4.78, 5) is 0. The summed E-state index contributed by atoms with van der Waals surface area (Å²) in [5, 5.41) is 8.49. The first-order valence-electron chi connectivity index (χ1n) is 2.79. The van der Waals surface area contributed by atoms with Gasteiger partial charge in [0, 0.05) is 3.58 Å². The summed E-state index contributed by atoms with van der Waals surface area (Å²) in [5.41, 5.74) is 0.641. The Balaban J connectivity index is 4.38. The predicted octanol–water partition coefficient (Wildman–Crippen LogP) is 2.96. The maximum Gasteiger partial charge on any atom is 0.0991 e. The van der Waals surface area contributed by atoms with E-state index in [0.29, 0.717) is 5.57 Å². The maximum atomic E-state index is 8.49. The van der Waals surface area contributed by atoms with Crippen LogP contribution >= 0.6 is 22.6 Å². The van der Waals surface area contributed by atoms with Crippen molar-refractivity contribution in [2.24, 2.45) is 0 Å². The van der Waals surface area contributed by atoms with Crippen LogP contribution in [0.15, 0.2) is 34.0 Å². The van der Waals surface area contributed by atoms with Gasteiger partial charge in [0.2, 0.25) is 0 Å². The molecule has 0 rings (SSSR count). The van der Waals surface area contributed by atoms with Crippen LogP contribution < -0.4 is 0 Å². The fraction of sp³-hybridized carbons (Fsp3) is 0.125. The van der Waals surface area contributed by atoms with Gasteiger partial charge in [-0.1, -0.05) is 12.7 Å². The normalized spacial score (nSPS) is 11.5. The molecule has 0 aliphatic carbocycles. The molecular formula is C8H8IN. The molecule has 0 amide bonds. The van der Waals surface area contributed by atoms with Crippen LogP contribution in [0.5, 0.6) is 0 Å². The summed E-state index contributed by atoms with van der Waals surface area (Å²) in [6.45, 7) is 5.53. The molecule has 0 aliphatic rings. The number of hydrogen-bond acceptors (Lipinski definition) is 1. The minimum atomic E-state index is 0.641. The molecule has 0 aromatic rings. The second-order valence-corrected chi connectivity index (χ2v) is 3.04. The summed E-state index contributed by atoms with van der Waals surface area (Å²) in [6, 6.07) is 2.04. The summed E-state index contributed by atoms with van der Waals surface area (Å²) in [6.07, 6.45) is 5.32. The van der Waals surface area contributed by atoms with Crippen molar-refractivity contribution in [2.75, 3.05) is 0 Å². The Labute approximate surface area is 74.9 Å². The lowest BCUT2D eigenvalue weighted by Crippen LogP contribution is -1.69. The molecule has 1 nitrogen and oxygen atoms in total. The number of allylic oxidation sites excluding steroid dienone is 5. The zero-order valence-electron chi connectivity index (χ0n) is 5.76. The molecule has 0 saturated carbocycles. The van der Waals surface area contributed by atoms with E-state index in [1.165, 1.54) is 0 Å². The van der Waals surface area contributed by atoms with Crippen LogP contribution in [0.4, 0.5) is 0 Å². The first-order chi connectivity index (χ1) is 4.70. The molecule has 0 spiro atoms. The van der Waals surface area contributed by atoms with Gasteiger partial charge < -0.3 is 0 Å². The Hall–Kier alpha value is -0.560. The van der Waals surface area contributed by atoms with Crippen molar-refractivity contribution in [3.8, 4) is 6.07 Å². The van der Waals surface area contributed by atoms with E-state index >= 15 is 0 Å². The van der Waals surface area contributed by atoms with E-state index in [4.69, 9.17) is 5.26 Å². The van der Waals surface area contributed by atoms with Gasteiger partial charge >= 0.3 is 0 Å². The molecule has 52 valence electrons. The molecule has 0 unspecified atom stereocenters. The van der Waals surface area contributed by atoms with E-state index < -0.39 is 0 Å². The van der Waals surface area contributed by atoms with Crippen LogP contribution in [0.25, 0.3) is 0 Å². The Morgan fingerprint density at radius 1 is 1.70 bits per heavy atom. The van der Waals surface area contributed by atoms with Crippen LogP contribution in [-0.2, 0) is 0 Å². The molecule has 0 atom stereocenters. The first-order valence-corrected chi connectivity index (χ1v) is 3.87. The van der Waals surface area contributed by atoms with Crippen molar-refractivity contribution >= 4 is 22.6 Å². The van der Waals surface area contributed by atoms with E-state index in [1.807, 2.05) is 19.1 Å². The van der Waals surface area contributed by atoms with Crippen LogP contribution in [0.2, 0.25) is 0 Å². The summed E-state index contributed by atoms with van der Waals surface area (Å²) in [7, 11) is 0. The highest BCUT2D eigenvalue weighted by Crippen LogP contribution is 2.07. The quantitative estimate of drug-likeness (QED) is 0.416. The first kappa shape index (κ1) is 9.44. The predicted molar refractivity (Wildman–Crippen MR) is 51.7 cm³/mol. The minimum Gasteiger partial charge on any atom is -0.192 e. The lowest BCUT2D eigenvalue weighted by atomic mass is 10.2. The topological polar surface area (TPSA) is 23.8 Å². The summed E-state index contributed by atoms with van der Waals surface area (Å²) < 4.78 is 0.868. The zero-order valence-corrected chi connectivity index (χ0v) is 7.92. The SMILES string of the molecule is C=C(I)/C=C(C#N)\C=C/C. The van der Waals surface area contributed by atoms with E-state index in [2.05, 4.69) is 29.2 Å². The fourth-order valence-corrected chi connectivity index (χ4v) is 0.801. The van der Waals surface area contributed by atoms with Crippen molar-refractivity contribution in [1.82, 2.24) is 0 Å². The number of halogens is 1. The van der Waals surface area contributed by atoms with Gasteiger partial charge in [-0.3, -0.25) is 0 Å². The number of rotatable bonds is 2. The molecule has 0 heterocycles. The van der Waals surface area contributed by atoms with E-state index in [1.54, 1.807) is 12.2 Å². The molecular weight excluding hydrogens is 237 g/mol. The molecule has 0 N–H and O–H groups in total. The molecule has 0 aromatic heterocycles. The van der Waals surface area contributed by atoms with Gasteiger partial charge in [0.1, 0.15) is 0 Å². The molecule has 0 bridgehead atoms. The van der Waals surface area contributed by atoms with Gasteiger partial charge in [0.15, 0.2) is 0 Å². The lowest BCUT2D eigenvalue weighted by Gasteiger charge is -1.85. The summed E-state index contributed by atoms with van der Waals surface area (Å²) in [5.74, 6) is 0. The fourth-order valence-electron chi connectivity index (χ4n) is 0.466. The van der Waals surface area contributed by atoms with Gasteiger partial charge in [-0.25, -0.2) is 0 Å². The molecule has 0 saturated heterocycles. The maximum absolute atomic E-state index is 8.49. The van der Waals surface area contributed by atoms with Gasteiger partial charge in [-0.2, -0.15) is 5.26 Å². The molecule has 0 fully saturated rings.